The van der Waals surface area contributed by atoms with Crippen LogP contribution in [-0.4, -0.2) is 59.8 Å². The third-order valence-corrected chi connectivity index (χ3v) is 13.2. The lowest BCUT2D eigenvalue weighted by Crippen LogP contribution is -2.64. The van der Waals surface area contributed by atoms with Gasteiger partial charge in [-0.1, -0.05) is 37.3 Å². The van der Waals surface area contributed by atoms with Gasteiger partial charge in [0.1, 0.15) is 5.82 Å². The fraction of sp³-hybridized carbons (Fsp3) is 0.500. The van der Waals surface area contributed by atoms with Gasteiger partial charge in [-0.25, -0.2) is 14.8 Å². The minimum Gasteiger partial charge on any atom is -0.476 e. The number of rotatable bonds is 9. The van der Waals surface area contributed by atoms with E-state index in [4.69, 9.17) is 19.8 Å². The van der Waals surface area contributed by atoms with E-state index in [1.807, 2.05) is 48.4 Å². The maximum atomic E-state index is 12.8. The molecule has 4 bridgehead atoms. The minimum absolute atomic E-state index is 0.0104. The Balaban J connectivity index is 1.00. The van der Waals surface area contributed by atoms with E-state index in [-0.39, 0.29) is 27.5 Å². The van der Waals surface area contributed by atoms with Crippen LogP contribution in [0, 0.1) is 30.1 Å². The van der Waals surface area contributed by atoms with Crippen molar-refractivity contribution in [1.29, 1.82) is 0 Å². The number of thiazole rings is 1. The highest BCUT2D eigenvalue weighted by Crippen LogP contribution is 2.72. The molecule has 0 saturated heterocycles. The molecule has 0 radical (unpaired) electrons. The van der Waals surface area contributed by atoms with Crippen molar-refractivity contribution >= 4 is 50.1 Å². The Morgan fingerprint density at radius 3 is 2.52 bits per heavy atom. The molecule has 0 spiro atoms. The maximum absolute atomic E-state index is 12.8. The molecule has 4 aliphatic carbocycles. The van der Waals surface area contributed by atoms with E-state index in [2.05, 4.69) is 54.0 Å². The standard InChI is InChI=1S/C40H46N8O3S/c1-6-51-40-20-37(4)17-38(5,21-40)19-39(18-37,22-40)23-48-25(3)28(16-41-48)27-13-14-31(43-32(27)35(49)50)47-15-9-10-26-24(2)33(45-46-34(26)47)44-36-42-29-11-7-8-12-30(29)52-36/h7-8,11-14,16H,6,9-10,15,17-23H2,1-5H3,(H,49,50)(H,42,44,45). The van der Waals surface area contributed by atoms with Gasteiger partial charge in [-0.3, -0.25) is 4.68 Å². The first kappa shape index (κ1) is 33.4. The number of aromatic carboxylic acids is 1. The first-order valence-corrected chi connectivity index (χ1v) is 19.4. The molecule has 5 aliphatic rings. The molecule has 5 aromatic rings. The molecule has 1 aliphatic heterocycles. The molecule has 1 aromatic carbocycles. The van der Waals surface area contributed by atoms with E-state index >= 15 is 0 Å². The summed E-state index contributed by atoms with van der Waals surface area (Å²) < 4.78 is 9.81. The highest BCUT2D eigenvalue weighted by atomic mass is 32.1. The second-order valence-corrected chi connectivity index (χ2v) is 17.8. The molecule has 11 nitrogen and oxygen atoms in total. The van der Waals surface area contributed by atoms with Crippen LogP contribution in [0.5, 0.6) is 0 Å². The summed E-state index contributed by atoms with van der Waals surface area (Å²) in [5, 5.41) is 28.8. The third kappa shape index (κ3) is 5.48. The van der Waals surface area contributed by atoms with E-state index in [1.54, 1.807) is 11.3 Å². The number of fused-ring (bicyclic) bond motifs is 2. The Kier molecular flexibility index (Phi) is 7.58. The van der Waals surface area contributed by atoms with Gasteiger partial charge >= 0.3 is 5.97 Å². The summed E-state index contributed by atoms with van der Waals surface area (Å²) in [6, 6.07) is 11.8. The predicted molar refractivity (Wildman–Crippen MR) is 203 cm³/mol. The van der Waals surface area contributed by atoms with Crippen molar-refractivity contribution in [2.24, 2.45) is 16.2 Å². The number of nitrogens with zero attached hydrogens (tertiary/aromatic N) is 7. The van der Waals surface area contributed by atoms with Crippen molar-refractivity contribution < 1.29 is 14.6 Å². The van der Waals surface area contributed by atoms with Crippen molar-refractivity contribution in [1.82, 2.24) is 29.9 Å². The number of hydrogen-bond donors (Lipinski definition) is 2. The average molecular weight is 719 g/mol. The van der Waals surface area contributed by atoms with Crippen molar-refractivity contribution in [3.05, 3.63) is 65.1 Å². The lowest BCUT2D eigenvalue weighted by atomic mass is 9.39. The average Bonchev–Trinajstić information content (AvgIpc) is 3.65. The molecule has 2 unspecified atom stereocenters. The van der Waals surface area contributed by atoms with E-state index in [1.165, 1.54) is 19.3 Å². The SMILES string of the molecule is CCOC12CC3(C)CC(C)(CC(Cn4ncc(-c5ccc(N6CCCc7c6nnc(Nc6nc8ccccc8s6)c7C)nc5C(=O)O)c4C)(C3)C1)C2. The summed E-state index contributed by atoms with van der Waals surface area (Å²) in [5.41, 5.74) is 5.95. The van der Waals surface area contributed by atoms with Gasteiger partial charge in [0.25, 0.3) is 0 Å². The number of hydrogen-bond acceptors (Lipinski definition) is 10. The summed E-state index contributed by atoms with van der Waals surface area (Å²) in [4.78, 5) is 24.3. The number of aromatic nitrogens is 6. The number of carboxylic acid groups (broad SMARTS) is 1. The Morgan fingerprint density at radius 1 is 0.981 bits per heavy atom. The second-order valence-electron chi connectivity index (χ2n) is 16.8. The van der Waals surface area contributed by atoms with Crippen LogP contribution < -0.4 is 10.2 Å². The van der Waals surface area contributed by atoms with Crippen molar-refractivity contribution in [3.8, 4) is 11.1 Å². The number of nitrogens with one attached hydrogen (secondary N) is 1. The van der Waals surface area contributed by atoms with Crippen molar-refractivity contribution in [2.75, 3.05) is 23.4 Å². The number of carbonyl (C=O) groups is 1. The fourth-order valence-corrected chi connectivity index (χ4v) is 12.4. The van der Waals surface area contributed by atoms with Crippen LogP contribution >= 0.6 is 11.3 Å². The number of ether oxygens (including phenoxy) is 1. The zero-order valence-corrected chi connectivity index (χ0v) is 31.4. The summed E-state index contributed by atoms with van der Waals surface area (Å²) in [6.07, 6.45) is 10.5. The molecular weight excluding hydrogens is 673 g/mol. The van der Waals surface area contributed by atoms with Crippen LogP contribution in [0.15, 0.2) is 42.6 Å². The lowest BCUT2D eigenvalue weighted by Gasteiger charge is -2.69. The first-order chi connectivity index (χ1) is 24.9. The number of carboxylic acids is 1. The van der Waals surface area contributed by atoms with Gasteiger partial charge in [0.05, 0.1) is 22.0 Å². The number of benzene rings is 1. The van der Waals surface area contributed by atoms with Crippen LogP contribution in [0.2, 0.25) is 0 Å². The first-order valence-electron chi connectivity index (χ1n) is 18.6. The van der Waals surface area contributed by atoms with Crippen LogP contribution in [0.25, 0.3) is 21.3 Å². The summed E-state index contributed by atoms with van der Waals surface area (Å²) in [5.74, 6) is 0.858. The molecule has 10 rings (SSSR count). The lowest BCUT2D eigenvalue weighted by molar-refractivity contribution is -0.246. The Bertz CT molecular complexity index is 2190. The normalized spacial score (nSPS) is 27.7. The zero-order chi connectivity index (χ0) is 36.0. The molecule has 52 heavy (non-hydrogen) atoms. The smallest absolute Gasteiger partial charge is 0.355 e. The van der Waals surface area contributed by atoms with Crippen molar-refractivity contribution in [3.63, 3.8) is 0 Å². The second kappa shape index (κ2) is 11.8. The molecule has 4 fully saturated rings. The predicted octanol–water partition coefficient (Wildman–Crippen LogP) is 8.64. The van der Waals surface area contributed by atoms with Gasteiger partial charge in [0.2, 0.25) is 0 Å². The Hall–Kier alpha value is -4.42. The topological polar surface area (TPSA) is 131 Å². The summed E-state index contributed by atoms with van der Waals surface area (Å²) in [7, 11) is 0. The van der Waals surface area contributed by atoms with Gasteiger partial charge in [0.15, 0.2) is 22.5 Å². The molecule has 4 saturated carbocycles. The minimum atomic E-state index is -1.07. The quantitative estimate of drug-likeness (QED) is 0.153. The zero-order valence-electron chi connectivity index (χ0n) is 30.6. The highest BCUT2D eigenvalue weighted by molar-refractivity contribution is 7.22. The van der Waals surface area contributed by atoms with E-state index in [0.29, 0.717) is 29.6 Å². The van der Waals surface area contributed by atoms with Gasteiger partial charge in [-0.15, -0.1) is 10.2 Å². The largest absolute Gasteiger partial charge is 0.476 e. The maximum Gasteiger partial charge on any atom is 0.355 e. The van der Waals surface area contributed by atoms with Crippen LogP contribution in [-0.2, 0) is 17.7 Å². The molecule has 4 aromatic heterocycles. The van der Waals surface area contributed by atoms with E-state index in [9.17, 15) is 9.90 Å². The Labute approximate surface area is 307 Å². The van der Waals surface area contributed by atoms with Gasteiger partial charge < -0.3 is 20.1 Å². The molecule has 12 heteroatoms. The molecule has 270 valence electrons. The van der Waals surface area contributed by atoms with Crippen LogP contribution in [0.1, 0.15) is 93.0 Å². The number of para-hydroxylation sites is 1. The molecular formula is C40H46N8O3S. The van der Waals surface area contributed by atoms with Gasteiger partial charge in [-0.05, 0) is 113 Å². The monoisotopic (exact) mass is 718 g/mol. The third-order valence-electron chi connectivity index (χ3n) is 12.2. The van der Waals surface area contributed by atoms with Crippen molar-refractivity contribution in [2.45, 2.75) is 98.1 Å². The van der Waals surface area contributed by atoms with E-state index < -0.39 is 5.97 Å². The number of anilines is 4. The summed E-state index contributed by atoms with van der Waals surface area (Å²) in [6.45, 7) is 13.4. The summed E-state index contributed by atoms with van der Waals surface area (Å²) >= 11 is 1.58. The molecule has 2 atom stereocenters. The van der Waals surface area contributed by atoms with Gasteiger partial charge in [-0.2, -0.15) is 5.10 Å². The Morgan fingerprint density at radius 2 is 1.77 bits per heavy atom. The molecule has 2 N–H and O–H groups in total. The van der Waals surface area contributed by atoms with Crippen LogP contribution in [0.4, 0.5) is 22.6 Å². The fourth-order valence-electron chi connectivity index (χ4n) is 11.6. The molecule has 5 heterocycles. The number of pyridine rings is 1. The van der Waals surface area contributed by atoms with Crippen LogP contribution in [0.3, 0.4) is 0 Å². The van der Waals surface area contributed by atoms with Gasteiger partial charge in [0, 0.05) is 47.6 Å². The van der Waals surface area contributed by atoms with E-state index in [0.717, 1.165) is 83.0 Å². The highest BCUT2D eigenvalue weighted by Gasteiger charge is 2.66. The molecule has 0 amide bonds.